The molecule has 1 aromatic carbocycles. The summed E-state index contributed by atoms with van der Waals surface area (Å²) in [4.78, 5) is 0.625. The molecule has 29 heavy (non-hydrogen) atoms. The van der Waals surface area contributed by atoms with Crippen molar-refractivity contribution in [2.75, 3.05) is 13.2 Å². The van der Waals surface area contributed by atoms with Crippen molar-refractivity contribution in [3.05, 3.63) is 50.7 Å². The second kappa shape index (κ2) is 9.92. The van der Waals surface area contributed by atoms with E-state index in [0.29, 0.717) is 22.2 Å². The fraction of sp³-hybridized carbons (Fsp3) is 0.429. The first-order valence-corrected chi connectivity index (χ1v) is 10.3. The van der Waals surface area contributed by atoms with E-state index in [4.69, 9.17) is 21.1 Å². The Kier molecular flexibility index (Phi) is 7.55. The first-order chi connectivity index (χ1) is 13.9. The predicted molar refractivity (Wildman–Crippen MR) is 110 cm³/mol. The highest BCUT2D eigenvalue weighted by atomic mass is 35.5. The molecule has 0 amide bonds. The summed E-state index contributed by atoms with van der Waals surface area (Å²) in [5.41, 5.74) is 1.88. The number of aliphatic hydroxyl groups excluding tert-OH is 4. The van der Waals surface area contributed by atoms with Gasteiger partial charge in [-0.15, -0.1) is 17.3 Å². The maximum atomic E-state index is 10.3. The molecule has 1 aliphatic rings. The molecule has 3 rings (SSSR count). The van der Waals surface area contributed by atoms with Crippen molar-refractivity contribution in [3.8, 4) is 17.6 Å². The lowest BCUT2D eigenvalue weighted by Crippen LogP contribution is -2.55. The highest BCUT2D eigenvalue weighted by Crippen LogP contribution is 2.39. The molecule has 8 heteroatoms. The summed E-state index contributed by atoms with van der Waals surface area (Å²) >= 11 is 7.64. The van der Waals surface area contributed by atoms with Gasteiger partial charge in [-0.05, 0) is 42.7 Å². The predicted octanol–water partition coefficient (Wildman–Crippen LogP) is 1.91. The summed E-state index contributed by atoms with van der Waals surface area (Å²) in [6, 6.07) is 9.43. The number of aliphatic hydroxyl groups is 4. The fourth-order valence-electron chi connectivity index (χ4n) is 3.14. The van der Waals surface area contributed by atoms with E-state index in [9.17, 15) is 20.4 Å². The van der Waals surface area contributed by atoms with Crippen LogP contribution in [0.5, 0.6) is 5.75 Å². The largest absolute Gasteiger partial charge is 0.481 e. The SMILES string of the molecule is CC#CCOc1ccc(Cc2cc(C3OC(CO)C(O)C(O)C3O)sc2Cl)cc1. The van der Waals surface area contributed by atoms with Crippen LogP contribution in [0.25, 0.3) is 0 Å². The summed E-state index contributed by atoms with van der Waals surface area (Å²) in [6.45, 7) is 1.63. The van der Waals surface area contributed by atoms with Gasteiger partial charge in [-0.3, -0.25) is 0 Å². The first-order valence-electron chi connectivity index (χ1n) is 9.14. The summed E-state index contributed by atoms with van der Waals surface area (Å²) in [5.74, 6) is 6.34. The van der Waals surface area contributed by atoms with Gasteiger partial charge in [0.05, 0.1) is 10.9 Å². The van der Waals surface area contributed by atoms with Gasteiger partial charge >= 0.3 is 0 Å². The van der Waals surface area contributed by atoms with Crippen LogP contribution in [0.3, 0.4) is 0 Å². The molecule has 5 atom stereocenters. The zero-order valence-corrected chi connectivity index (χ0v) is 17.4. The molecule has 0 spiro atoms. The second-order valence-electron chi connectivity index (χ2n) is 6.73. The van der Waals surface area contributed by atoms with E-state index in [0.717, 1.165) is 16.9 Å². The molecule has 2 aromatic rings. The van der Waals surface area contributed by atoms with Gasteiger partial charge in [-0.2, -0.15) is 0 Å². The van der Waals surface area contributed by atoms with Crippen LogP contribution in [-0.4, -0.2) is 58.1 Å². The first kappa shape index (κ1) is 22.1. The molecule has 0 saturated carbocycles. The third-order valence-electron chi connectivity index (χ3n) is 4.75. The minimum absolute atomic E-state index is 0.342. The summed E-state index contributed by atoms with van der Waals surface area (Å²) in [6.07, 6.45) is -5.38. The topological polar surface area (TPSA) is 99.4 Å². The van der Waals surface area contributed by atoms with Crippen molar-refractivity contribution in [1.29, 1.82) is 0 Å². The van der Waals surface area contributed by atoms with Gasteiger partial charge in [0.2, 0.25) is 0 Å². The minimum atomic E-state index is -1.42. The maximum absolute atomic E-state index is 10.3. The van der Waals surface area contributed by atoms with Crippen molar-refractivity contribution >= 4 is 22.9 Å². The monoisotopic (exact) mass is 438 g/mol. The number of benzene rings is 1. The van der Waals surface area contributed by atoms with E-state index < -0.39 is 37.1 Å². The molecule has 156 valence electrons. The maximum Gasteiger partial charge on any atom is 0.149 e. The molecule has 0 radical (unpaired) electrons. The van der Waals surface area contributed by atoms with Crippen LogP contribution in [0.4, 0.5) is 0 Å². The van der Waals surface area contributed by atoms with E-state index in [1.54, 1.807) is 6.92 Å². The number of ether oxygens (including phenoxy) is 2. The van der Waals surface area contributed by atoms with E-state index in [1.807, 2.05) is 30.3 Å². The molecular weight excluding hydrogens is 416 g/mol. The number of hydrogen-bond acceptors (Lipinski definition) is 7. The number of hydrogen-bond donors (Lipinski definition) is 4. The Labute approximate surface area is 178 Å². The Bertz CT molecular complexity index is 870. The van der Waals surface area contributed by atoms with Crippen LogP contribution in [0.1, 0.15) is 29.0 Å². The molecule has 6 nitrogen and oxygen atoms in total. The highest BCUT2D eigenvalue weighted by molar-refractivity contribution is 7.16. The molecule has 2 heterocycles. The van der Waals surface area contributed by atoms with E-state index in [-0.39, 0.29) is 0 Å². The van der Waals surface area contributed by atoms with Gasteiger partial charge in [-0.25, -0.2) is 0 Å². The van der Waals surface area contributed by atoms with Gasteiger partial charge in [0.15, 0.2) is 0 Å². The zero-order valence-electron chi connectivity index (χ0n) is 15.8. The Morgan fingerprint density at radius 3 is 2.52 bits per heavy atom. The third-order valence-corrected chi connectivity index (χ3v) is 6.26. The van der Waals surface area contributed by atoms with Crippen molar-refractivity contribution in [1.82, 2.24) is 0 Å². The van der Waals surface area contributed by atoms with Crippen molar-refractivity contribution in [2.45, 2.75) is 43.9 Å². The minimum Gasteiger partial charge on any atom is -0.481 e. The lowest BCUT2D eigenvalue weighted by molar-refractivity contribution is -0.230. The number of halogens is 1. The van der Waals surface area contributed by atoms with Crippen LogP contribution in [-0.2, 0) is 11.2 Å². The lowest BCUT2D eigenvalue weighted by atomic mass is 9.94. The van der Waals surface area contributed by atoms with E-state index in [1.165, 1.54) is 11.3 Å². The van der Waals surface area contributed by atoms with Crippen LogP contribution in [0.15, 0.2) is 30.3 Å². The highest BCUT2D eigenvalue weighted by Gasteiger charge is 2.44. The molecule has 1 fully saturated rings. The Morgan fingerprint density at radius 1 is 1.14 bits per heavy atom. The Balaban J connectivity index is 1.72. The van der Waals surface area contributed by atoms with Gasteiger partial charge in [0.1, 0.15) is 42.9 Å². The average molecular weight is 439 g/mol. The van der Waals surface area contributed by atoms with Crippen LogP contribution >= 0.6 is 22.9 Å². The van der Waals surface area contributed by atoms with Crippen LogP contribution < -0.4 is 4.74 Å². The summed E-state index contributed by atoms with van der Waals surface area (Å²) in [7, 11) is 0. The average Bonchev–Trinajstić information content (AvgIpc) is 3.08. The second-order valence-corrected chi connectivity index (χ2v) is 8.42. The summed E-state index contributed by atoms with van der Waals surface area (Å²) in [5, 5.41) is 39.6. The van der Waals surface area contributed by atoms with E-state index in [2.05, 4.69) is 11.8 Å². The van der Waals surface area contributed by atoms with Gasteiger partial charge in [0, 0.05) is 4.88 Å². The molecule has 1 aromatic heterocycles. The quantitative estimate of drug-likeness (QED) is 0.514. The fourth-order valence-corrected chi connectivity index (χ4v) is 4.51. The third kappa shape index (κ3) is 5.11. The molecule has 1 saturated heterocycles. The molecule has 1 aliphatic heterocycles. The standard InChI is InChI=1S/C21H23ClO6S/c1-2-3-8-27-14-6-4-12(5-7-14)9-13-10-16(29-21(13)22)20-19(26)18(25)17(24)15(11-23)28-20/h4-7,10,15,17-20,23-26H,8-9,11H2,1H3. The van der Waals surface area contributed by atoms with Crippen molar-refractivity contribution < 1.29 is 29.9 Å². The summed E-state index contributed by atoms with van der Waals surface area (Å²) < 4.78 is 11.7. The smallest absolute Gasteiger partial charge is 0.149 e. The van der Waals surface area contributed by atoms with Gasteiger partial charge < -0.3 is 29.9 Å². The molecule has 5 unspecified atom stereocenters. The van der Waals surface area contributed by atoms with Gasteiger partial charge in [-0.1, -0.05) is 29.7 Å². The van der Waals surface area contributed by atoms with Crippen molar-refractivity contribution in [2.24, 2.45) is 0 Å². The Morgan fingerprint density at radius 2 is 1.86 bits per heavy atom. The van der Waals surface area contributed by atoms with Gasteiger partial charge in [0.25, 0.3) is 0 Å². The van der Waals surface area contributed by atoms with Crippen LogP contribution in [0.2, 0.25) is 4.34 Å². The van der Waals surface area contributed by atoms with Crippen LogP contribution in [0, 0.1) is 11.8 Å². The normalized spacial score (nSPS) is 26.6. The molecular formula is C21H23ClO6S. The number of thiophene rings is 1. The van der Waals surface area contributed by atoms with E-state index >= 15 is 0 Å². The van der Waals surface area contributed by atoms with Crippen molar-refractivity contribution in [3.63, 3.8) is 0 Å². The molecule has 0 aliphatic carbocycles. The zero-order chi connectivity index (χ0) is 21.0. The lowest BCUT2D eigenvalue weighted by Gasteiger charge is -2.39. The molecule has 0 bridgehead atoms. The Hall–Kier alpha value is -1.63. The molecule has 4 N–H and O–H groups in total. The number of rotatable bonds is 6.